The lowest BCUT2D eigenvalue weighted by molar-refractivity contribution is 0.205. The van der Waals surface area contributed by atoms with Gasteiger partial charge in [0.15, 0.2) is 0 Å². The highest BCUT2D eigenvalue weighted by Crippen LogP contribution is 2.18. The van der Waals surface area contributed by atoms with Crippen molar-refractivity contribution in [3.05, 3.63) is 30.2 Å². The topological polar surface area (TPSA) is 21.3 Å². The third-order valence-electron chi connectivity index (χ3n) is 1.71. The SMILES string of the molecule is CCCOC1=CC=CN[C]1CC. The molecule has 0 saturated heterocycles. The molecule has 0 amide bonds. The van der Waals surface area contributed by atoms with Gasteiger partial charge < -0.3 is 10.1 Å². The average Bonchev–Trinajstić information content (AvgIpc) is 2.15. The first-order chi connectivity index (χ1) is 5.88. The summed E-state index contributed by atoms with van der Waals surface area (Å²) in [6.45, 7) is 5.02. The van der Waals surface area contributed by atoms with Crippen LogP contribution in [0.1, 0.15) is 26.7 Å². The molecule has 0 aliphatic carbocycles. The second kappa shape index (κ2) is 4.86. The standard InChI is InChI=1S/C10H16NO/c1-3-8-12-10-6-5-7-11-9(10)4-2/h5-7,11H,3-4,8H2,1-2H3. The molecule has 2 nitrogen and oxygen atoms in total. The zero-order chi connectivity index (χ0) is 8.81. The van der Waals surface area contributed by atoms with Crippen LogP contribution in [-0.4, -0.2) is 6.61 Å². The summed E-state index contributed by atoms with van der Waals surface area (Å²) in [4.78, 5) is 0. The van der Waals surface area contributed by atoms with Crippen molar-refractivity contribution in [2.24, 2.45) is 0 Å². The molecule has 0 spiro atoms. The molecule has 0 saturated carbocycles. The van der Waals surface area contributed by atoms with Crippen molar-refractivity contribution in [2.75, 3.05) is 6.61 Å². The van der Waals surface area contributed by atoms with Crippen molar-refractivity contribution in [2.45, 2.75) is 26.7 Å². The zero-order valence-corrected chi connectivity index (χ0v) is 7.76. The van der Waals surface area contributed by atoms with Gasteiger partial charge in [0, 0.05) is 0 Å². The number of nitrogens with one attached hydrogen (secondary N) is 1. The number of rotatable bonds is 4. The van der Waals surface area contributed by atoms with Crippen molar-refractivity contribution in [1.29, 1.82) is 0 Å². The predicted molar refractivity (Wildman–Crippen MR) is 50.1 cm³/mol. The van der Waals surface area contributed by atoms with Crippen molar-refractivity contribution in [3.63, 3.8) is 0 Å². The fourth-order valence-electron chi connectivity index (χ4n) is 1.08. The van der Waals surface area contributed by atoms with Crippen LogP contribution in [0, 0.1) is 6.04 Å². The summed E-state index contributed by atoms with van der Waals surface area (Å²) in [6.07, 6.45) is 7.94. The Morgan fingerprint density at radius 2 is 2.25 bits per heavy atom. The number of hydrogen-bond donors (Lipinski definition) is 1. The molecule has 0 aromatic carbocycles. The summed E-state index contributed by atoms with van der Waals surface area (Å²) in [5, 5.41) is 3.17. The molecular formula is C10H16NO. The quantitative estimate of drug-likeness (QED) is 0.692. The number of dihydropyridines is 1. The summed E-state index contributed by atoms with van der Waals surface area (Å²) >= 11 is 0. The van der Waals surface area contributed by atoms with Crippen molar-refractivity contribution in [1.82, 2.24) is 5.32 Å². The molecule has 0 aromatic rings. The van der Waals surface area contributed by atoms with Crippen LogP contribution in [0.5, 0.6) is 0 Å². The second-order valence-electron chi connectivity index (χ2n) is 2.71. The third kappa shape index (κ3) is 2.29. The second-order valence-corrected chi connectivity index (χ2v) is 2.71. The van der Waals surface area contributed by atoms with Gasteiger partial charge in [-0.15, -0.1) is 0 Å². The highest BCUT2D eigenvalue weighted by atomic mass is 16.5. The largest absolute Gasteiger partial charge is 0.495 e. The average molecular weight is 166 g/mol. The maximum atomic E-state index is 5.55. The Hall–Kier alpha value is -0.920. The van der Waals surface area contributed by atoms with Crippen LogP contribution in [0.25, 0.3) is 0 Å². The maximum absolute atomic E-state index is 5.55. The number of hydrogen-bond acceptors (Lipinski definition) is 2. The summed E-state index contributed by atoms with van der Waals surface area (Å²) in [5.41, 5.74) is 0. The molecule has 1 heterocycles. The van der Waals surface area contributed by atoms with Crippen LogP contribution in [-0.2, 0) is 4.74 Å². The van der Waals surface area contributed by atoms with Gasteiger partial charge in [0.2, 0.25) is 0 Å². The van der Waals surface area contributed by atoms with Gasteiger partial charge >= 0.3 is 0 Å². The Bertz CT molecular complexity index is 184. The van der Waals surface area contributed by atoms with Crippen molar-refractivity contribution >= 4 is 0 Å². The van der Waals surface area contributed by atoms with E-state index in [9.17, 15) is 0 Å². The van der Waals surface area contributed by atoms with E-state index in [2.05, 4.69) is 19.2 Å². The van der Waals surface area contributed by atoms with Crippen LogP contribution in [0.2, 0.25) is 0 Å². The molecule has 12 heavy (non-hydrogen) atoms. The van der Waals surface area contributed by atoms with Gasteiger partial charge in [-0.1, -0.05) is 13.8 Å². The van der Waals surface area contributed by atoms with Gasteiger partial charge in [0.25, 0.3) is 0 Å². The van der Waals surface area contributed by atoms with Crippen LogP contribution in [0.4, 0.5) is 0 Å². The van der Waals surface area contributed by atoms with E-state index < -0.39 is 0 Å². The van der Waals surface area contributed by atoms with Crippen LogP contribution < -0.4 is 5.32 Å². The highest BCUT2D eigenvalue weighted by Gasteiger charge is 2.14. The lowest BCUT2D eigenvalue weighted by Crippen LogP contribution is -2.20. The Kier molecular flexibility index (Phi) is 3.71. The van der Waals surface area contributed by atoms with Crippen molar-refractivity contribution in [3.8, 4) is 0 Å². The molecule has 1 aliphatic heterocycles. The molecular weight excluding hydrogens is 150 g/mol. The van der Waals surface area contributed by atoms with E-state index in [-0.39, 0.29) is 0 Å². The molecule has 0 unspecified atom stereocenters. The van der Waals surface area contributed by atoms with Crippen LogP contribution >= 0.6 is 0 Å². The van der Waals surface area contributed by atoms with E-state index in [1.165, 1.54) is 6.04 Å². The van der Waals surface area contributed by atoms with Gasteiger partial charge in [0.05, 0.1) is 6.61 Å². The smallest absolute Gasteiger partial charge is 0.125 e. The van der Waals surface area contributed by atoms with Gasteiger partial charge in [-0.2, -0.15) is 0 Å². The number of ether oxygens (including phenoxy) is 1. The molecule has 0 bridgehead atoms. The molecule has 67 valence electrons. The van der Waals surface area contributed by atoms with E-state index in [0.29, 0.717) is 0 Å². The van der Waals surface area contributed by atoms with Crippen molar-refractivity contribution < 1.29 is 4.74 Å². The molecule has 2 heteroatoms. The highest BCUT2D eigenvalue weighted by molar-refractivity contribution is 5.27. The Labute approximate surface area is 74.3 Å². The lowest BCUT2D eigenvalue weighted by Gasteiger charge is -2.20. The first kappa shape index (κ1) is 9.17. The van der Waals surface area contributed by atoms with E-state index in [4.69, 9.17) is 4.74 Å². The first-order valence-corrected chi connectivity index (χ1v) is 4.50. The predicted octanol–water partition coefficient (Wildman–Crippen LogP) is 2.36. The molecule has 0 atom stereocenters. The Balaban J connectivity index is 2.45. The minimum Gasteiger partial charge on any atom is -0.495 e. The van der Waals surface area contributed by atoms with Gasteiger partial charge in [-0.3, -0.25) is 0 Å². The fourth-order valence-corrected chi connectivity index (χ4v) is 1.08. The molecule has 0 fully saturated rings. The summed E-state index contributed by atoms with van der Waals surface area (Å²) in [6, 6.07) is 1.17. The van der Waals surface area contributed by atoms with E-state index >= 15 is 0 Å². The van der Waals surface area contributed by atoms with Crippen LogP contribution in [0.15, 0.2) is 24.1 Å². The molecule has 0 aromatic heterocycles. The first-order valence-electron chi connectivity index (χ1n) is 4.50. The molecule has 1 N–H and O–H groups in total. The Morgan fingerprint density at radius 3 is 2.92 bits per heavy atom. The lowest BCUT2D eigenvalue weighted by atomic mass is 10.1. The molecule has 1 rings (SSSR count). The summed E-state index contributed by atoms with van der Waals surface area (Å²) in [7, 11) is 0. The Morgan fingerprint density at radius 1 is 1.42 bits per heavy atom. The normalized spacial score (nSPS) is 17.0. The third-order valence-corrected chi connectivity index (χ3v) is 1.71. The zero-order valence-electron chi connectivity index (χ0n) is 7.76. The van der Waals surface area contributed by atoms with E-state index in [1.807, 2.05) is 18.4 Å². The maximum Gasteiger partial charge on any atom is 0.125 e. The fraction of sp³-hybridized carbons (Fsp3) is 0.500. The molecule has 1 radical (unpaired) electrons. The van der Waals surface area contributed by atoms with E-state index in [0.717, 1.165) is 25.2 Å². The van der Waals surface area contributed by atoms with Gasteiger partial charge in [0.1, 0.15) is 11.8 Å². The van der Waals surface area contributed by atoms with Crippen LogP contribution in [0.3, 0.4) is 0 Å². The minimum atomic E-state index is 0.796. The van der Waals surface area contributed by atoms with Gasteiger partial charge in [-0.05, 0) is 31.2 Å². The minimum absolute atomic E-state index is 0.796. The number of allylic oxidation sites excluding steroid dienone is 2. The van der Waals surface area contributed by atoms with Gasteiger partial charge in [-0.25, -0.2) is 0 Å². The monoisotopic (exact) mass is 166 g/mol. The van der Waals surface area contributed by atoms with E-state index in [1.54, 1.807) is 0 Å². The summed E-state index contributed by atoms with van der Waals surface area (Å²) < 4.78 is 5.55. The molecule has 1 aliphatic rings. The summed E-state index contributed by atoms with van der Waals surface area (Å²) in [5.74, 6) is 0.988.